The number of nitrogens with two attached hydrogens (primary N) is 2. The molecule has 2 aromatic heterocycles. The summed E-state index contributed by atoms with van der Waals surface area (Å²) in [6.07, 6.45) is 0.769. The van der Waals surface area contributed by atoms with Crippen molar-refractivity contribution in [3.63, 3.8) is 0 Å². The number of ether oxygens (including phenoxy) is 1. The van der Waals surface area contributed by atoms with E-state index in [1.54, 1.807) is 20.0 Å². The monoisotopic (exact) mass is 496 g/mol. The number of nitrogen functional groups attached to an aromatic ring is 1. The maximum atomic E-state index is 12.7. The molecule has 4 rings (SSSR count). The fourth-order valence-electron chi connectivity index (χ4n) is 3.05. The van der Waals surface area contributed by atoms with Crippen molar-refractivity contribution >= 4 is 42.0 Å². The van der Waals surface area contributed by atoms with E-state index >= 15 is 0 Å². The number of anilines is 1. The van der Waals surface area contributed by atoms with E-state index in [4.69, 9.17) is 29.8 Å². The van der Waals surface area contributed by atoms with Crippen molar-refractivity contribution in [3.8, 4) is 0 Å². The van der Waals surface area contributed by atoms with Crippen LogP contribution in [0, 0.1) is 0 Å². The molecule has 13 heteroatoms. The molecule has 0 aromatic carbocycles. The van der Waals surface area contributed by atoms with Crippen molar-refractivity contribution in [2.24, 2.45) is 5.73 Å². The van der Waals surface area contributed by atoms with E-state index in [1.807, 2.05) is 22.6 Å². The number of fused-ring (bicyclic) bond motifs is 2. The Kier molecular flexibility index (Phi) is 4.50. The predicted molar refractivity (Wildman–Crippen MR) is 98.4 cm³/mol. The number of nitrogens with zero attached hydrogens (tertiary/aromatic N) is 4. The minimum atomic E-state index is -3.71. The standard InChI is InChI=1S/C13H18IN6O5P/c1-6(2)24-26(21)22-4-8-10(25-26)13(14,16)9(23-8)7-3-19-20-11(7)17-5-18-12(20)15/h3,5-6,8-10H,4,16H2,1-2H3,(H2,15,17,18)/t8-,9+,10-,13+,26-/m1/s1. The third-order valence-corrected chi connectivity index (χ3v) is 6.92. The molecule has 0 bridgehead atoms. The number of rotatable bonds is 3. The second-order valence-corrected chi connectivity index (χ2v) is 9.81. The third kappa shape index (κ3) is 2.93. The maximum Gasteiger partial charge on any atom is 0.475 e. The molecule has 2 aliphatic heterocycles. The SMILES string of the molecule is CC(C)O[P@@]1(=O)OC[C@H]2O[C@@H](c3cnn4c(N)ncnc34)[C@@](N)(I)[C@@H]2O1. The Balaban J connectivity index is 1.68. The summed E-state index contributed by atoms with van der Waals surface area (Å²) < 4.78 is 35.4. The minimum Gasteiger partial charge on any atom is -0.368 e. The van der Waals surface area contributed by atoms with Crippen LogP contribution in [0.5, 0.6) is 0 Å². The van der Waals surface area contributed by atoms with Gasteiger partial charge in [-0.05, 0) is 13.8 Å². The zero-order chi connectivity index (χ0) is 18.7. The van der Waals surface area contributed by atoms with Crippen LogP contribution >= 0.6 is 30.4 Å². The molecule has 4 heterocycles. The molecule has 0 radical (unpaired) electrons. The first-order chi connectivity index (χ1) is 12.2. The van der Waals surface area contributed by atoms with E-state index in [0.717, 1.165) is 0 Å². The van der Waals surface area contributed by atoms with Crippen molar-refractivity contribution in [2.75, 3.05) is 12.3 Å². The first-order valence-electron chi connectivity index (χ1n) is 7.90. The molecule has 11 nitrogen and oxygen atoms in total. The Morgan fingerprint density at radius 2 is 2.27 bits per heavy atom. The Labute approximate surface area is 162 Å². The predicted octanol–water partition coefficient (Wildman–Crippen LogP) is 1.18. The van der Waals surface area contributed by atoms with E-state index in [-0.39, 0.29) is 18.7 Å². The lowest BCUT2D eigenvalue weighted by atomic mass is 10.0. The molecule has 2 aromatic rings. The summed E-state index contributed by atoms with van der Waals surface area (Å²) in [6, 6.07) is 0. The van der Waals surface area contributed by atoms with Gasteiger partial charge in [0.15, 0.2) is 5.65 Å². The van der Waals surface area contributed by atoms with Crippen molar-refractivity contribution in [1.82, 2.24) is 19.6 Å². The summed E-state index contributed by atoms with van der Waals surface area (Å²) in [4.78, 5) is 8.11. The molecule has 26 heavy (non-hydrogen) atoms. The number of halogens is 1. The van der Waals surface area contributed by atoms with Gasteiger partial charge < -0.3 is 16.2 Å². The lowest BCUT2D eigenvalue weighted by Gasteiger charge is -2.35. The summed E-state index contributed by atoms with van der Waals surface area (Å²) in [5.74, 6) is 0.196. The van der Waals surface area contributed by atoms with Gasteiger partial charge in [0.25, 0.3) is 0 Å². The van der Waals surface area contributed by atoms with Crippen LogP contribution in [0.1, 0.15) is 25.5 Å². The number of hydrogen-bond acceptors (Lipinski definition) is 10. The highest BCUT2D eigenvalue weighted by atomic mass is 127. The molecule has 0 spiro atoms. The molecular formula is C13H18IN6O5P. The Morgan fingerprint density at radius 3 is 3.00 bits per heavy atom. The zero-order valence-electron chi connectivity index (χ0n) is 14.0. The molecule has 2 saturated heterocycles. The molecule has 0 aliphatic carbocycles. The third-order valence-electron chi connectivity index (χ3n) is 4.11. The van der Waals surface area contributed by atoms with Crippen LogP contribution < -0.4 is 11.5 Å². The lowest BCUT2D eigenvalue weighted by Crippen LogP contribution is -2.51. The van der Waals surface area contributed by atoms with Gasteiger partial charge in [-0.1, -0.05) is 22.6 Å². The number of hydrogen-bond donors (Lipinski definition) is 2. The van der Waals surface area contributed by atoms with Gasteiger partial charge in [0.05, 0.1) is 18.9 Å². The molecule has 2 fully saturated rings. The van der Waals surface area contributed by atoms with E-state index in [2.05, 4.69) is 15.1 Å². The molecular weight excluding hydrogens is 478 g/mol. The van der Waals surface area contributed by atoms with Crippen molar-refractivity contribution in [3.05, 3.63) is 18.1 Å². The molecule has 142 valence electrons. The van der Waals surface area contributed by atoms with E-state index in [0.29, 0.717) is 11.2 Å². The Morgan fingerprint density at radius 1 is 1.50 bits per heavy atom. The second-order valence-electron chi connectivity index (χ2n) is 6.37. The van der Waals surface area contributed by atoms with Crippen LogP contribution in [0.4, 0.5) is 5.95 Å². The second kappa shape index (κ2) is 6.33. The first kappa shape index (κ1) is 18.5. The van der Waals surface area contributed by atoms with Crippen LogP contribution in [-0.2, 0) is 22.9 Å². The minimum absolute atomic E-state index is 0.0451. The van der Waals surface area contributed by atoms with Gasteiger partial charge in [-0.15, -0.1) is 0 Å². The summed E-state index contributed by atoms with van der Waals surface area (Å²) in [7, 11) is -3.71. The average molecular weight is 496 g/mol. The molecule has 5 atom stereocenters. The molecule has 2 aliphatic rings. The number of phosphoric ester groups is 1. The molecule has 0 saturated carbocycles. The number of alkyl halides is 1. The smallest absolute Gasteiger partial charge is 0.368 e. The largest absolute Gasteiger partial charge is 0.475 e. The van der Waals surface area contributed by atoms with Gasteiger partial charge in [0.2, 0.25) is 5.95 Å². The fourth-order valence-corrected chi connectivity index (χ4v) is 5.87. The van der Waals surface area contributed by atoms with Crippen LogP contribution in [-0.4, -0.2) is 48.0 Å². The highest BCUT2D eigenvalue weighted by molar-refractivity contribution is 14.1. The van der Waals surface area contributed by atoms with Gasteiger partial charge in [-0.25, -0.2) is 14.5 Å². The van der Waals surface area contributed by atoms with Gasteiger partial charge >= 0.3 is 7.82 Å². The normalized spacial score (nSPS) is 37.3. The Hall–Kier alpha value is -0.890. The molecule has 0 unspecified atom stereocenters. The van der Waals surface area contributed by atoms with Crippen molar-refractivity contribution in [1.29, 1.82) is 0 Å². The Bertz CT molecular complexity index is 891. The van der Waals surface area contributed by atoms with Crippen LogP contribution in [0.15, 0.2) is 12.5 Å². The van der Waals surface area contributed by atoms with Crippen LogP contribution in [0.3, 0.4) is 0 Å². The van der Waals surface area contributed by atoms with E-state index in [9.17, 15) is 4.57 Å². The highest BCUT2D eigenvalue weighted by Gasteiger charge is 2.60. The summed E-state index contributed by atoms with van der Waals surface area (Å²) in [6.45, 7) is 3.54. The van der Waals surface area contributed by atoms with Crippen molar-refractivity contribution in [2.45, 2.75) is 41.8 Å². The first-order valence-corrected chi connectivity index (χ1v) is 10.4. The summed E-state index contributed by atoms with van der Waals surface area (Å²) in [5.41, 5.74) is 13.5. The lowest BCUT2D eigenvalue weighted by molar-refractivity contribution is -0.0622. The van der Waals surface area contributed by atoms with Crippen LogP contribution in [0.25, 0.3) is 5.65 Å². The van der Waals surface area contributed by atoms with Crippen LogP contribution in [0.2, 0.25) is 0 Å². The van der Waals surface area contributed by atoms with Gasteiger partial charge in [0, 0.05) is 5.56 Å². The fraction of sp³-hybridized carbons (Fsp3) is 0.615. The van der Waals surface area contributed by atoms with E-state index < -0.39 is 29.7 Å². The van der Waals surface area contributed by atoms with Gasteiger partial charge in [0.1, 0.15) is 28.2 Å². The number of aromatic nitrogens is 4. The van der Waals surface area contributed by atoms with Gasteiger partial charge in [-0.3, -0.25) is 13.6 Å². The highest BCUT2D eigenvalue weighted by Crippen LogP contribution is 2.60. The zero-order valence-corrected chi connectivity index (χ0v) is 17.0. The van der Waals surface area contributed by atoms with Gasteiger partial charge in [-0.2, -0.15) is 9.61 Å². The molecule has 0 amide bonds. The summed E-state index contributed by atoms with van der Waals surface area (Å²) >= 11 is 2.04. The van der Waals surface area contributed by atoms with E-state index in [1.165, 1.54) is 10.8 Å². The topological polar surface area (TPSA) is 149 Å². The quantitative estimate of drug-likeness (QED) is 0.275. The number of phosphoric acid groups is 1. The molecule has 4 N–H and O–H groups in total. The average Bonchev–Trinajstić information content (AvgIpc) is 3.07. The maximum absolute atomic E-state index is 12.7. The summed E-state index contributed by atoms with van der Waals surface area (Å²) in [5, 5.41) is 4.19. The van der Waals surface area contributed by atoms with Crippen molar-refractivity contribution < 1.29 is 22.9 Å².